The average Bonchev–Trinajstić information content (AvgIpc) is 3.06. The zero-order valence-electron chi connectivity index (χ0n) is 11.8. The van der Waals surface area contributed by atoms with Crippen molar-refractivity contribution in [3.05, 3.63) is 46.0 Å². The van der Waals surface area contributed by atoms with Gasteiger partial charge in [-0.2, -0.15) is 0 Å². The van der Waals surface area contributed by atoms with Gasteiger partial charge < -0.3 is 10.4 Å². The smallest absolute Gasteiger partial charge is 0.335 e. The van der Waals surface area contributed by atoms with Gasteiger partial charge >= 0.3 is 12.0 Å². The SMILES string of the molecule is O=C(NCc1ccc(C(=O)O)cc1)Nc1nc2c(s1)CCC2. The molecule has 0 saturated carbocycles. The molecule has 114 valence electrons. The lowest BCUT2D eigenvalue weighted by molar-refractivity contribution is 0.0697. The molecular formula is C15H15N3O3S. The molecule has 1 aliphatic carbocycles. The fourth-order valence-corrected chi connectivity index (χ4v) is 3.38. The van der Waals surface area contributed by atoms with Crippen molar-refractivity contribution in [2.75, 3.05) is 5.32 Å². The summed E-state index contributed by atoms with van der Waals surface area (Å²) in [5.41, 5.74) is 2.16. The van der Waals surface area contributed by atoms with Gasteiger partial charge in [0.1, 0.15) is 0 Å². The summed E-state index contributed by atoms with van der Waals surface area (Å²) in [6.45, 7) is 0.330. The lowest BCUT2D eigenvalue weighted by Gasteiger charge is -2.06. The molecule has 3 rings (SSSR count). The number of aromatic nitrogens is 1. The van der Waals surface area contributed by atoms with E-state index in [1.165, 1.54) is 28.3 Å². The van der Waals surface area contributed by atoms with Crippen molar-refractivity contribution >= 4 is 28.5 Å². The Balaban J connectivity index is 1.52. The third-order valence-corrected chi connectivity index (χ3v) is 4.54. The summed E-state index contributed by atoms with van der Waals surface area (Å²) in [7, 11) is 0. The van der Waals surface area contributed by atoms with Crippen LogP contribution in [0.15, 0.2) is 24.3 Å². The molecule has 1 heterocycles. The van der Waals surface area contributed by atoms with Crippen LogP contribution in [-0.2, 0) is 19.4 Å². The van der Waals surface area contributed by atoms with E-state index in [2.05, 4.69) is 15.6 Å². The summed E-state index contributed by atoms with van der Waals surface area (Å²) in [6.07, 6.45) is 3.18. The van der Waals surface area contributed by atoms with E-state index in [4.69, 9.17) is 5.11 Å². The zero-order chi connectivity index (χ0) is 15.5. The van der Waals surface area contributed by atoms with Crippen LogP contribution in [0.3, 0.4) is 0 Å². The van der Waals surface area contributed by atoms with Gasteiger partial charge in [-0.1, -0.05) is 12.1 Å². The molecule has 1 aromatic carbocycles. The van der Waals surface area contributed by atoms with Crippen molar-refractivity contribution in [3.8, 4) is 0 Å². The number of rotatable bonds is 4. The highest BCUT2D eigenvalue weighted by atomic mass is 32.1. The second-order valence-electron chi connectivity index (χ2n) is 5.05. The number of carboxylic acids is 1. The molecule has 6 nitrogen and oxygen atoms in total. The first kappa shape index (κ1) is 14.5. The first-order chi connectivity index (χ1) is 10.6. The quantitative estimate of drug-likeness (QED) is 0.808. The van der Waals surface area contributed by atoms with E-state index in [0.717, 1.165) is 30.5 Å². The number of carbonyl (C=O) groups is 2. The maximum atomic E-state index is 11.8. The number of nitrogens with one attached hydrogen (secondary N) is 2. The van der Waals surface area contributed by atoms with Crippen LogP contribution < -0.4 is 10.6 Å². The van der Waals surface area contributed by atoms with E-state index in [1.54, 1.807) is 12.1 Å². The molecule has 7 heteroatoms. The average molecular weight is 317 g/mol. The number of carboxylic acid groups (broad SMARTS) is 1. The number of thiazole rings is 1. The second-order valence-corrected chi connectivity index (χ2v) is 6.14. The van der Waals surface area contributed by atoms with E-state index in [-0.39, 0.29) is 11.6 Å². The maximum absolute atomic E-state index is 11.8. The van der Waals surface area contributed by atoms with Gasteiger partial charge in [0, 0.05) is 11.4 Å². The van der Waals surface area contributed by atoms with Crippen molar-refractivity contribution in [1.29, 1.82) is 0 Å². The molecule has 0 unspecified atom stereocenters. The molecule has 0 aliphatic heterocycles. The molecule has 0 fully saturated rings. The Morgan fingerprint density at radius 1 is 1.23 bits per heavy atom. The normalized spacial score (nSPS) is 12.7. The Morgan fingerprint density at radius 2 is 2.00 bits per heavy atom. The first-order valence-corrected chi connectivity index (χ1v) is 7.79. The Bertz CT molecular complexity index is 688. The molecule has 3 N–H and O–H groups in total. The van der Waals surface area contributed by atoms with Crippen LogP contribution in [0.2, 0.25) is 0 Å². The number of aryl methyl sites for hydroxylation is 2. The molecule has 0 spiro atoms. The molecule has 22 heavy (non-hydrogen) atoms. The number of nitrogens with zero attached hydrogens (tertiary/aromatic N) is 1. The summed E-state index contributed by atoms with van der Waals surface area (Å²) in [6, 6.07) is 6.09. The van der Waals surface area contributed by atoms with Gasteiger partial charge in [0.15, 0.2) is 5.13 Å². The number of amides is 2. The van der Waals surface area contributed by atoms with Gasteiger partial charge in [0.2, 0.25) is 0 Å². The van der Waals surface area contributed by atoms with Gasteiger partial charge in [-0.25, -0.2) is 14.6 Å². The van der Waals surface area contributed by atoms with Gasteiger partial charge in [-0.15, -0.1) is 11.3 Å². The van der Waals surface area contributed by atoms with Crippen LogP contribution >= 0.6 is 11.3 Å². The molecule has 0 radical (unpaired) electrons. The van der Waals surface area contributed by atoms with Crippen molar-refractivity contribution in [3.63, 3.8) is 0 Å². The Hall–Kier alpha value is -2.41. The van der Waals surface area contributed by atoms with Crippen molar-refractivity contribution < 1.29 is 14.7 Å². The number of benzene rings is 1. The molecular weight excluding hydrogens is 302 g/mol. The minimum Gasteiger partial charge on any atom is -0.478 e. The highest BCUT2D eigenvalue weighted by Crippen LogP contribution is 2.30. The van der Waals surface area contributed by atoms with Crippen LogP contribution in [-0.4, -0.2) is 22.1 Å². The number of urea groups is 1. The summed E-state index contributed by atoms with van der Waals surface area (Å²) >= 11 is 1.53. The Labute approximate surface area is 131 Å². The summed E-state index contributed by atoms with van der Waals surface area (Å²) in [4.78, 5) is 28.3. The lowest BCUT2D eigenvalue weighted by Crippen LogP contribution is -2.28. The summed E-state index contributed by atoms with van der Waals surface area (Å²) < 4.78 is 0. The third kappa shape index (κ3) is 3.25. The number of hydrogen-bond donors (Lipinski definition) is 3. The van der Waals surface area contributed by atoms with Crippen molar-refractivity contribution in [2.45, 2.75) is 25.8 Å². The highest BCUT2D eigenvalue weighted by molar-refractivity contribution is 7.15. The molecule has 0 atom stereocenters. The van der Waals surface area contributed by atoms with E-state index >= 15 is 0 Å². The van der Waals surface area contributed by atoms with E-state index in [0.29, 0.717) is 11.7 Å². The van der Waals surface area contributed by atoms with Gasteiger partial charge in [0.25, 0.3) is 0 Å². The number of anilines is 1. The van der Waals surface area contributed by atoms with Crippen LogP contribution in [0.5, 0.6) is 0 Å². The maximum Gasteiger partial charge on any atom is 0.335 e. The van der Waals surface area contributed by atoms with E-state index in [9.17, 15) is 9.59 Å². The fraction of sp³-hybridized carbons (Fsp3) is 0.267. The van der Waals surface area contributed by atoms with Crippen LogP contribution in [0.4, 0.5) is 9.93 Å². The zero-order valence-corrected chi connectivity index (χ0v) is 12.6. The molecule has 0 bridgehead atoms. The predicted octanol–water partition coefficient (Wildman–Crippen LogP) is 2.65. The number of hydrogen-bond acceptors (Lipinski definition) is 4. The molecule has 2 aromatic rings. The Kier molecular flexibility index (Phi) is 4.06. The lowest BCUT2D eigenvalue weighted by atomic mass is 10.1. The topological polar surface area (TPSA) is 91.3 Å². The first-order valence-electron chi connectivity index (χ1n) is 6.97. The number of carbonyl (C=O) groups excluding carboxylic acids is 1. The van der Waals surface area contributed by atoms with Crippen molar-refractivity contribution in [1.82, 2.24) is 10.3 Å². The van der Waals surface area contributed by atoms with Crippen LogP contribution in [0, 0.1) is 0 Å². The van der Waals surface area contributed by atoms with Gasteiger partial charge in [-0.05, 0) is 37.0 Å². The van der Waals surface area contributed by atoms with Gasteiger partial charge in [0.05, 0.1) is 11.3 Å². The minimum absolute atomic E-state index is 0.227. The van der Waals surface area contributed by atoms with Crippen molar-refractivity contribution in [2.24, 2.45) is 0 Å². The molecule has 0 saturated heterocycles. The summed E-state index contributed by atoms with van der Waals surface area (Å²) in [5.74, 6) is -0.964. The standard InChI is InChI=1S/C15H15N3O3S/c19-13(20)10-6-4-9(5-7-10)8-16-14(21)18-15-17-11-2-1-3-12(11)22-15/h4-7H,1-3,8H2,(H,19,20)(H2,16,17,18,21). The molecule has 1 aliphatic rings. The van der Waals surface area contributed by atoms with Crippen LogP contribution in [0.1, 0.15) is 32.9 Å². The minimum atomic E-state index is -0.964. The fourth-order valence-electron chi connectivity index (χ4n) is 2.33. The number of aromatic carboxylic acids is 1. The van der Waals surface area contributed by atoms with E-state index in [1.807, 2.05) is 0 Å². The van der Waals surface area contributed by atoms with E-state index < -0.39 is 5.97 Å². The predicted molar refractivity (Wildman–Crippen MR) is 83.4 cm³/mol. The summed E-state index contributed by atoms with van der Waals surface area (Å²) in [5, 5.41) is 14.9. The molecule has 1 aromatic heterocycles. The highest BCUT2D eigenvalue weighted by Gasteiger charge is 2.17. The third-order valence-electron chi connectivity index (χ3n) is 3.47. The van der Waals surface area contributed by atoms with Crippen LogP contribution in [0.25, 0.3) is 0 Å². The molecule has 2 amide bonds. The second kappa shape index (κ2) is 6.15. The monoisotopic (exact) mass is 317 g/mol. The largest absolute Gasteiger partial charge is 0.478 e. The van der Waals surface area contributed by atoms with Gasteiger partial charge in [-0.3, -0.25) is 5.32 Å². The number of fused-ring (bicyclic) bond motifs is 1. The Morgan fingerprint density at radius 3 is 2.68 bits per heavy atom.